The number of hydrogen-bond donors (Lipinski definition) is 0. The van der Waals surface area contributed by atoms with Crippen molar-refractivity contribution in [2.24, 2.45) is 0 Å². The molecule has 0 fully saturated rings. The van der Waals surface area contributed by atoms with E-state index in [2.05, 4.69) is 147 Å². The molecule has 0 saturated heterocycles. The molecule has 9 rings (SSSR count). The van der Waals surface area contributed by atoms with Crippen molar-refractivity contribution in [1.29, 1.82) is 0 Å². The molecule has 2 nitrogen and oxygen atoms in total. The van der Waals surface area contributed by atoms with Gasteiger partial charge in [-0.05, 0) is 52.1 Å². The van der Waals surface area contributed by atoms with Gasteiger partial charge < -0.3 is 0 Å². The van der Waals surface area contributed by atoms with Crippen LogP contribution in [-0.4, -0.2) is 9.97 Å². The highest BCUT2D eigenvalue weighted by molar-refractivity contribution is 7.26. The number of rotatable bonds is 4. The Morgan fingerprint density at radius 1 is 0.478 bits per heavy atom. The van der Waals surface area contributed by atoms with Gasteiger partial charge in [-0.2, -0.15) is 0 Å². The van der Waals surface area contributed by atoms with Crippen LogP contribution in [0.3, 0.4) is 0 Å². The second-order valence-corrected chi connectivity index (χ2v) is 13.6. The lowest BCUT2D eigenvalue weighted by molar-refractivity contribution is 0.660. The largest absolute Gasteiger partial charge is 0.228 e. The van der Waals surface area contributed by atoms with Crippen LogP contribution in [-0.2, 0) is 5.41 Å². The van der Waals surface area contributed by atoms with Crippen LogP contribution in [0.2, 0.25) is 0 Å². The van der Waals surface area contributed by atoms with Gasteiger partial charge in [0, 0.05) is 47.8 Å². The molecule has 2 heterocycles. The Morgan fingerprint density at radius 3 is 1.83 bits per heavy atom. The van der Waals surface area contributed by atoms with Gasteiger partial charge in [0.1, 0.15) is 0 Å². The first-order valence-electron chi connectivity index (χ1n) is 15.8. The Labute approximate surface area is 272 Å². The maximum Gasteiger partial charge on any atom is 0.161 e. The van der Waals surface area contributed by atoms with Gasteiger partial charge in [-0.3, -0.25) is 0 Å². The Hall–Kier alpha value is -5.38. The maximum atomic E-state index is 5.27. The lowest BCUT2D eigenvalue weighted by Crippen LogP contribution is -2.14. The molecule has 0 unspecified atom stereocenters. The molecule has 46 heavy (non-hydrogen) atoms. The number of nitrogens with zero attached hydrogens (tertiary/aromatic N) is 2. The average molecular weight is 607 g/mol. The van der Waals surface area contributed by atoms with E-state index in [9.17, 15) is 0 Å². The summed E-state index contributed by atoms with van der Waals surface area (Å²) in [6.45, 7) is 4.70. The van der Waals surface area contributed by atoms with E-state index in [1.165, 1.54) is 53.6 Å². The van der Waals surface area contributed by atoms with Crippen LogP contribution in [0.5, 0.6) is 0 Å². The number of thiophene rings is 1. The maximum absolute atomic E-state index is 5.27. The van der Waals surface area contributed by atoms with E-state index < -0.39 is 0 Å². The van der Waals surface area contributed by atoms with E-state index in [1.807, 2.05) is 23.5 Å². The summed E-state index contributed by atoms with van der Waals surface area (Å²) < 4.78 is 2.55. The third-order valence-electron chi connectivity index (χ3n) is 9.53. The van der Waals surface area contributed by atoms with Crippen LogP contribution in [0, 0.1) is 0 Å². The second-order valence-electron chi connectivity index (χ2n) is 12.6. The summed E-state index contributed by atoms with van der Waals surface area (Å²) in [5.74, 6) is 0.734. The highest BCUT2D eigenvalue weighted by Gasteiger charge is 2.35. The Kier molecular flexibility index (Phi) is 6.06. The molecule has 0 amide bonds. The first-order valence-corrected chi connectivity index (χ1v) is 16.6. The summed E-state index contributed by atoms with van der Waals surface area (Å²) in [6, 6.07) is 52.1. The summed E-state index contributed by atoms with van der Waals surface area (Å²) in [5.41, 5.74) is 12.7. The SMILES string of the molecule is CC1(C)c2ccccc2-c2ccc(-c3c(-c4nc(-c5ccccc5)cc(-c5ccccc5)n4)ccc4c3sc3ccccc34)cc21. The van der Waals surface area contributed by atoms with Crippen molar-refractivity contribution in [2.45, 2.75) is 19.3 Å². The summed E-state index contributed by atoms with van der Waals surface area (Å²) in [6.07, 6.45) is 0. The number of benzene rings is 6. The van der Waals surface area contributed by atoms with Crippen LogP contribution in [0.1, 0.15) is 25.0 Å². The molecule has 0 atom stereocenters. The predicted molar refractivity (Wildman–Crippen MR) is 194 cm³/mol. The average Bonchev–Trinajstić information content (AvgIpc) is 3.60. The molecule has 0 radical (unpaired) electrons. The molecule has 2 aromatic heterocycles. The summed E-state index contributed by atoms with van der Waals surface area (Å²) in [4.78, 5) is 10.5. The van der Waals surface area contributed by atoms with Crippen LogP contribution >= 0.6 is 11.3 Å². The molecular weight excluding hydrogens is 577 g/mol. The van der Waals surface area contributed by atoms with Crippen LogP contribution in [0.4, 0.5) is 0 Å². The molecule has 0 N–H and O–H groups in total. The van der Waals surface area contributed by atoms with E-state index in [4.69, 9.17) is 9.97 Å². The summed E-state index contributed by atoms with van der Waals surface area (Å²) >= 11 is 1.86. The molecule has 218 valence electrons. The van der Waals surface area contributed by atoms with E-state index in [1.54, 1.807) is 0 Å². The molecule has 6 aromatic carbocycles. The topological polar surface area (TPSA) is 25.8 Å². The van der Waals surface area contributed by atoms with Crippen molar-refractivity contribution in [3.8, 4) is 56.2 Å². The van der Waals surface area contributed by atoms with Crippen LogP contribution in [0.25, 0.3) is 76.3 Å². The zero-order valence-electron chi connectivity index (χ0n) is 25.7. The smallest absolute Gasteiger partial charge is 0.161 e. The second kappa shape index (κ2) is 10.3. The monoisotopic (exact) mass is 606 g/mol. The van der Waals surface area contributed by atoms with Gasteiger partial charge in [0.2, 0.25) is 0 Å². The van der Waals surface area contributed by atoms with Crippen molar-refractivity contribution >= 4 is 31.5 Å². The van der Waals surface area contributed by atoms with Gasteiger partial charge >= 0.3 is 0 Å². The zero-order chi connectivity index (χ0) is 30.8. The molecule has 0 saturated carbocycles. The summed E-state index contributed by atoms with van der Waals surface area (Å²) in [5, 5.41) is 2.55. The lowest BCUT2D eigenvalue weighted by Gasteiger charge is -2.22. The zero-order valence-corrected chi connectivity index (χ0v) is 26.5. The van der Waals surface area contributed by atoms with Gasteiger partial charge in [-0.25, -0.2) is 9.97 Å². The van der Waals surface area contributed by atoms with Crippen molar-refractivity contribution in [3.63, 3.8) is 0 Å². The van der Waals surface area contributed by atoms with E-state index in [-0.39, 0.29) is 5.41 Å². The fraction of sp³-hybridized carbons (Fsp3) is 0.0698. The van der Waals surface area contributed by atoms with Gasteiger partial charge in [0.05, 0.1) is 11.4 Å². The molecule has 0 spiro atoms. The number of fused-ring (bicyclic) bond motifs is 6. The molecule has 1 aliphatic carbocycles. The highest BCUT2D eigenvalue weighted by Crippen LogP contribution is 2.51. The van der Waals surface area contributed by atoms with E-state index in [0.717, 1.165) is 33.9 Å². The minimum absolute atomic E-state index is 0.0969. The van der Waals surface area contributed by atoms with Gasteiger partial charge in [-0.1, -0.05) is 135 Å². The minimum Gasteiger partial charge on any atom is -0.228 e. The first-order chi connectivity index (χ1) is 22.6. The van der Waals surface area contributed by atoms with Gasteiger partial charge in [0.15, 0.2) is 5.82 Å². The molecule has 3 heteroatoms. The third-order valence-corrected chi connectivity index (χ3v) is 10.7. The predicted octanol–water partition coefficient (Wildman–Crippen LogP) is 11.8. The van der Waals surface area contributed by atoms with Crippen molar-refractivity contribution in [1.82, 2.24) is 9.97 Å². The first kappa shape index (κ1) is 27.0. The van der Waals surface area contributed by atoms with E-state index in [0.29, 0.717) is 0 Å². The minimum atomic E-state index is -0.0969. The van der Waals surface area contributed by atoms with Crippen molar-refractivity contribution < 1.29 is 0 Å². The normalized spacial score (nSPS) is 13.2. The Bertz CT molecular complexity index is 2380. The van der Waals surface area contributed by atoms with Crippen molar-refractivity contribution in [2.75, 3.05) is 0 Å². The molecule has 1 aliphatic rings. The Morgan fingerprint density at radius 2 is 1.09 bits per heavy atom. The molecular formula is C43H30N2S. The fourth-order valence-electron chi connectivity index (χ4n) is 7.20. The van der Waals surface area contributed by atoms with Gasteiger partial charge in [0.25, 0.3) is 0 Å². The number of aromatic nitrogens is 2. The molecule has 0 bridgehead atoms. The number of hydrogen-bond acceptors (Lipinski definition) is 3. The van der Waals surface area contributed by atoms with Crippen LogP contribution < -0.4 is 0 Å². The Balaban J connectivity index is 1.34. The van der Waals surface area contributed by atoms with E-state index >= 15 is 0 Å². The third kappa shape index (κ3) is 4.16. The fourth-order valence-corrected chi connectivity index (χ4v) is 8.48. The van der Waals surface area contributed by atoms with Gasteiger partial charge in [-0.15, -0.1) is 11.3 Å². The lowest BCUT2D eigenvalue weighted by atomic mass is 9.81. The molecule has 0 aliphatic heterocycles. The quantitative estimate of drug-likeness (QED) is 0.199. The molecule has 8 aromatic rings. The van der Waals surface area contributed by atoms with Crippen LogP contribution in [0.15, 0.2) is 146 Å². The summed E-state index contributed by atoms with van der Waals surface area (Å²) in [7, 11) is 0. The standard InChI is InChI=1S/C43H30N2S/c1-43(2)35-19-11-9-17-30(35)31-22-21-29(25-36(31)43)40-34(24-23-33-32-18-10-12-20-39(32)46-41(33)40)42-44-37(27-13-5-3-6-14-27)26-38(45-42)28-15-7-4-8-16-28/h3-26H,1-2H3. The highest BCUT2D eigenvalue weighted by atomic mass is 32.1. The van der Waals surface area contributed by atoms with Crippen molar-refractivity contribution in [3.05, 3.63) is 157 Å².